The molecule has 2 amide bonds. The fourth-order valence-electron chi connectivity index (χ4n) is 2.92. The number of nitrogens with one attached hydrogen (secondary N) is 1. The second-order valence-electron chi connectivity index (χ2n) is 5.44. The summed E-state index contributed by atoms with van der Waals surface area (Å²) >= 11 is 0. The monoisotopic (exact) mass is 253 g/mol. The van der Waals surface area contributed by atoms with Crippen molar-refractivity contribution in [2.75, 3.05) is 19.6 Å². The maximum absolute atomic E-state index is 12.3. The van der Waals surface area contributed by atoms with Crippen molar-refractivity contribution >= 4 is 11.8 Å². The van der Waals surface area contributed by atoms with Gasteiger partial charge in [0.2, 0.25) is 11.8 Å². The molecule has 18 heavy (non-hydrogen) atoms. The highest BCUT2D eigenvalue weighted by Crippen LogP contribution is 2.21. The van der Waals surface area contributed by atoms with Crippen LogP contribution in [0.25, 0.3) is 0 Å². The van der Waals surface area contributed by atoms with Gasteiger partial charge in [0.1, 0.15) is 0 Å². The van der Waals surface area contributed by atoms with Gasteiger partial charge in [-0.05, 0) is 38.1 Å². The second-order valence-corrected chi connectivity index (χ2v) is 5.44. The topological polar surface area (TPSA) is 75.4 Å². The van der Waals surface area contributed by atoms with Gasteiger partial charge in [-0.2, -0.15) is 0 Å². The number of hydrogen-bond donors (Lipinski definition) is 2. The van der Waals surface area contributed by atoms with Gasteiger partial charge in [0.05, 0.1) is 6.04 Å². The Hall–Kier alpha value is -1.10. The fourth-order valence-corrected chi connectivity index (χ4v) is 2.92. The van der Waals surface area contributed by atoms with Crippen molar-refractivity contribution in [2.45, 2.75) is 44.6 Å². The Morgan fingerprint density at radius 1 is 1.17 bits per heavy atom. The Morgan fingerprint density at radius 2 is 1.89 bits per heavy atom. The average Bonchev–Trinajstić information content (AvgIpc) is 2.39. The third-order valence-corrected chi connectivity index (χ3v) is 4.02. The fraction of sp³-hybridized carbons (Fsp3) is 0.846. The van der Waals surface area contributed by atoms with Crippen LogP contribution in [-0.2, 0) is 9.59 Å². The van der Waals surface area contributed by atoms with Crippen LogP contribution in [0.5, 0.6) is 0 Å². The molecule has 2 fully saturated rings. The van der Waals surface area contributed by atoms with Gasteiger partial charge < -0.3 is 16.0 Å². The van der Waals surface area contributed by atoms with Gasteiger partial charge in [-0.15, -0.1) is 0 Å². The number of piperidine rings is 2. The Morgan fingerprint density at radius 3 is 2.44 bits per heavy atom. The van der Waals surface area contributed by atoms with Crippen LogP contribution in [0.4, 0.5) is 0 Å². The molecule has 1 unspecified atom stereocenters. The van der Waals surface area contributed by atoms with Crippen LogP contribution in [0.15, 0.2) is 0 Å². The van der Waals surface area contributed by atoms with Crippen LogP contribution >= 0.6 is 0 Å². The maximum atomic E-state index is 12.3. The van der Waals surface area contributed by atoms with E-state index in [2.05, 4.69) is 5.32 Å². The molecule has 0 radical (unpaired) electrons. The first-order valence-corrected chi connectivity index (χ1v) is 6.97. The summed E-state index contributed by atoms with van der Waals surface area (Å²) in [6.45, 7) is 2.50. The van der Waals surface area contributed by atoms with Crippen molar-refractivity contribution in [3.05, 3.63) is 0 Å². The third kappa shape index (κ3) is 3.45. The zero-order chi connectivity index (χ0) is 13.0. The molecule has 2 rings (SSSR count). The Kier molecular flexibility index (Phi) is 4.58. The molecule has 5 nitrogen and oxygen atoms in total. The number of hydrogen-bond acceptors (Lipinski definition) is 3. The van der Waals surface area contributed by atoms with E-state index in [0.29, 0.717) is 12.3 Å². The minimum Gasteiger partial charge on any atom is -0.370 e. The third-order valence-electron chi connectivity index (χ3n) is 4.02. The van der Waals surface area contributed by atoms with Crippen molar-refractivity contribution in [3.63, 3.8) is 0 Å². The van der Waals surface area contributed by atoms with Crippen LogP contribution in [0, 0.1) is 5.92 Å². The van der Waals surface area contributed by atoms with Crippen molar-refractivity contribution in [1.82, 2.24) is 10.2 Å². The van der Waals surface area contributed by atoms with Crippen LogP contribution < -0.4 is 11.1 Å². The van der Waals surface area contributed by atoms with Crippen LogP contribution in [-0.4, -0.2) is 42.4 Å². The molecule has 0 bridgehead atoms. The summed E-state index contributed by atoms with van der Waals surface area (Å²) < 4.78 is 0. The highest BCUT2D eigenvalue weighted by atomic mass is 16.2. The number of carbonyl (C=O) groups excluding carboxylic acids is 2. The molecule has 0 spiro atoms. The molecular weight excluding hydrogens is 230 g/mol. The van der Waals surface area contributed by atoms with Crippen LogP contribution in [0.1, 0.15) is 38.5 Å². The number of amides is 2. The highest BCUT2D eigenvalue weighted by Gasteiger charge is 2.29. The van der Waals surface area contributed by atoms with Crippen molar-refractivity contribution in [3.8, 4) is 0 Å². The van der Waals surface area contributed by atoms with Crippen molar-refractivity contribution in [2.24, 2.45) is 11.7 Å². The summed E-state index contributed by atoms with van der Waals surface area (Å²) in [5, 5.41) is 3.29. The molecule has 2 aliphatic rings. The summed E-state index contributed by atoms with van der Waals surface area (Å²) in [5.74, 6) is 0.381. The van der Waals surface area contributed by atoms with Crippen LogP contribution in [0.2, 0.25) is 0 Å². The predicted molar refractivity (Wildman–Crippen MR) is 68.8 cm³/mol. The van der Waals surface area contributed by atoms with Gasteiger partial charge in [-0.25, -0.2) is 0 Å². The zero-order valence-corrected chi connectivity index (χ0v) is 10.9. The van der Waals surface area contributed by atoms with E-state index >= 15 is 0 Å². The van der Waals surface area contributed by atoms with Gasteiger partial charge in [-0.1, -0.05) is 6.42 Å². The molecule has 3 N–H and O–H groups in total. The molecule has 2 saturated heterocycles. The lowest BCUT2D eigenvalue weighted by atomic mass is 9.92. The molecule has 102 valence electrons. The molecule has 5 heteroatoms. The van der Waals surface area contributed by atoms with Crippen LogP contribution in [0.3, 0.4) is 0 Å². The maximum Gasteiger partial charge on any atom is 0.239 e. The van der Waals surface area contributed by atoms with Gasteiger partial charge in [0, 0.05) is 19.5 Å². The Labute approximate surface area is 108 Å². The van der Waals surface area contributed by atoms with Gasteiger partial charge in [0.15, 0.2) is 0 Å². The van der Waals surface area contributed by atoms with Crippen molar-refractivity contribution in [1.29, 1.82) is 0 Å². The lowest BCUT2D eigenvalue weighted by Gasteiger charge is -2.35. The lowest BCUT2D eigenvalue weighted by Crippen LogP contribution is -2.50. The number of likely N-dealkylation sites (tertiary alicyclic amines) is 1. The smallest absolute Gasteiger partial charge is 0.239 e. The molecule has 0 aromatic carbocycles. The number of rotatable bonds is 3. The summed E-state index contributed by atoms with van der Waals surface area (Å²) in [6.07, 6.45) is 5.54. The number of carbonyl (C=O) groups is 2. The summed E-state index contributed by atoms with van der Waals surface area (Å²) in [6, 6.07) is 0.0199. The molecule has 0 aromatic rings. The lowest BCUT2D eigenvalue weighted by molar-refractivity contribution is -0.135. The van der Waals surface area contributed by atoms with Crippen molar-refractivity contribution < 1.29 is 9.59 Å². The highest BCUT2D eigenvalue weighted by molar-refractivity contribution is 5.82. The Bertz CT molecular complexity index is 305. The van der Waals surface area contributed by atoms with Gasteiger partial charge in [0.25, 0.3) is 0 Å². The summed E-state index contributed by atoms with van der Waals surface area (Å²) in [7, 11) is 0. The van der Waals surface area contributed by atoms with Gasteiger partial charge >= 0.3 is 0 Å². The number of nitrogens with zero attached hydrogens (tertiary/aromatic N) is 1. The predicted octanol–water partition coefficient (Wildman–Crippen LogP) is 0.242. The first-order valence-electron chi connectivity index (χ1n) is 6.97. The summed E-state index contributed by atoms with van der Waals surface area (Å²) in [4.78, 5) is 25.1. The standard InChI is InChI=1S/C13H23N3O2/c14-12(17)9-10-4-7-16(8-5-10)13(18)11-3-1-2-6-15-11/h10-11,15H,1-9H2,(H2,14,17). The van der Waals surface area contributed by atoms with E-state index in [1.54, 1.807) is 0 Å². The zero-order valence-electron chi connectivity index (χ0n) is 10.9. The number of primary amides is 1. The van der Waals surface area contributed by atoms with Gasteiger partial charge in [-0.3, -0.25) is 9.59 Å². The molecule has 0 saturated carbocycles. The van der Waals surface area contributed by atoms with E-state index in [0.717, 1.165) is 45.3 Å². The molecule has 2 heterocycles. The van der Waals surface area contributed by atoms with E-state index in [9.17, 15) is 9.59 Å². The largest absolute Gasteiger partial charge is 0.370 e. The van der Waals surface area contributed by atoms with E-state index in [-0.39, 0.29) is 17.9 Å². The van der Waals surface area contributed by atoms with E-state index in [1.807, 2.05) is 4.90 Å². The first kappa shape index (κ1) is 13.3. The molecule has 0 aliphatic carbocycles. The molecule has 1 atom stereocenters. The van der Waals surface area contributed by atoms with E-state index in [1.165, 1.54) is 6.42 Å². The molecule has 2 aliphatic heterocycles. The molecular formula is C13H23N3O2. The summed E-state index contributed by atoms with van der Waals surface area (Å²) in [5.41, 5.74) is 5.21. The second kappa shape index (κ2) is 6.18. The normalized spacial score (nSPS) is 26.0. The number of nitrogens with two attached hydrogens (primary N) is 1. The SMILES string of the molecule is NC(=O)CC1CCN(C(=O)C2CCCCN2)CC1. The average molecular weight is 253 g/mol. The molecule has 0 aromatic heterocycles. The Balaban J connectivity index is 1.78. The first-order chi connectivity index (χ1) is 8.66. The van der Waals surface area contributed by atoms with E-state index in [4.69, 9.17) is 5.73 Å². The minimum absolute atomic E-state index is 0.0199. The quantitative estimate of drug-likeness (QED) is 0.756. The minimum atomic E-state index is -0.228. The van der Waals surface area contributed by atoms with E-state index < -0.39 is 0 Å².